The number of nitrogens with zero attached hydrogens (tertiary/aromatic N) is 4. The Hall–Kier alpha value is -4.15. The fourth-order valence-electron chi connectivity index (χ4n) is 4.77. The van der Waals surface area contributed by atoms with E-state index in [1.54, 1.807) is 55.5 Å². The third kappa shape index (κ3) is 7.26. The van der Waals surface area contributed by atoms with Gasteiger partial charge < -0.3 is 19.9 Å². The number of nitriles is 1. The molecule has 2 unspecified atom stereocenters. The van der Waals surface area contributed by atoms with Crippen molar-refractivity contribution in [1.29, 1.82) is 5.26 Å². The Morgan fingerprint density at radius 1 is 1.16 bits per heavy atom. The van der Waals surface area contributed by atoms with Crippen LogP contribution in [0.25, 0.3) is 0 Å². The molecule has 2 heterocycles. The van der Waals surface area contributed by atoms with Crippen LogP contribution in [0, 0.1) is 23.0 Å². The molecule has 222 valence electrons. The lowest BCUT2D eigenvalue weighted by Crippen LogP contribution is -2.43. The standard InChI is InChI=1S/C31H29F2N5O4S/c1-20(31(40,17-38-19-35-18-37-38)27-11-10-25(32)12-28(27)33)43-26-15-41-30(42-16-26)24-8-6-23(7-9-24)29(39)36-14-22-4-2-21(13-34)3-5-22/h2-12,18-20,26,30,40H,14-17H2,1H3,(H,36,39). The van der Waals surface area contributed by atoms with Gasteiger partial charge in [0.05, 0.1) is 36.6 Å². The van der Waals surface area contributed by atoms with E-state index in [0.29, 0.717) is 30.9 Å². The fourth-order valence-corrected chi connectivity index (χ4v) is 6.08. The quantitative estimate of drug-likeness (QED) is 0.271. The van der Waals surface area contributed by atoms with Crippen LogP contribution in [-0.2, 0) is 28.2 Å². The Bertz CT molecular complexity index is 1570. The zero-order chi connectivity index (χ0) is 30.4. The molecule has 1 aromatic heterocycles. The van der Waals surface area contributed by atoms with E-state index < -0.39 is 28.8 Å². The second kappa shape index (κ2) is 13.4. The summed E-state index contributed by atoms with van der Waals surface area (Å²) in [7, 11) is 0. The lowest BCUT2D eigenvalue weighted by atomic mass is 9.90. The molecular weight excluding hydrogens is 576 g/mol. The third-order valence-electron chi connectivity index (χ3n) is 7.18. The molecule has 0 spiro atoms. The van der Waals surface area contributed by atoms with Crippen molar-refractivity contribution >= 4 is 17.7 Å². The van der Waals surface area contributed by atoms with Crippen LogP contribution in [0.4, 0.5) is 8.78 Å². The van der Waals surface area contributed by atoms with Crippen molar-refractivity contribution in [3.05, 3.63) is 119 Å². The molecule has 0 bridgehead atoms. The van der Waals surface area contributed by atoms with E-state index in [4.69, 9.17) is 14.7 Å². The van der Waals surface area contributed by atoms with Gasteiger partial charge in [-0.1, -0.05) is 37.3 Å². The minimum atomic E-state index is -1.73. The van der Waals surface area contributed by atoms with Crippen molar-refractivity contribution in [1.82, 2.24) is 20.1 Å². The highest BCUT2D eigenvalue weighted by molar-refractivity contribution is 8.00. The number of carbonyl (C=O) groups excluding carboxylic acids is 1. The van der Waals surface area contributed by atoms with Crippen molar-refractivity contribution in [2.24, 2.45) is 0 Å². The van der Waals surface area contributed by atoms with Gasteiger partial charge in [0.2, 0.25) is 0 Å². The lowest BCUT2D eigenvalue weighted by Gasteiger charge is -2.37. The maximum atomic E-state index is 14.8. The molecule has 0 aliphatic carbocycles. The molecule has 0 radical (unpaired) electrons. The first-order valence-corrected chi connectivity index (χ1v) is 14.5. The SMILES string of the molecule is CC(SC1COC(c2ccc(C(=O)NCc3ccc(C#N)cc3)cc2)OC1)C(O)(Cn1cncn1)c1ccc(F)cc1F. The molecule has 12 heteroatoms. The molecule has 1 aliphatic rings. The second-order valence-electron chi connectivity index (χ2n) is 10.2. The molecule has 1 fully saturated rings. The number of carbonyl (C=O) groups is 1. The normalized spacial score (nSPS) is 18.8. The van der Waals surface area contributed by atoms with E-state index in [9.17, 15) is 18.7 Å². The van der Waals surface area contributed by atoms with Crippen molar-refractivity contribution in [3.8, 4) is 6.07 Å². The number of rotatable bonds is 10. The molecule has 43 heavy (non-hydrogen) atoms. The first-order chi connectivity index (χ1) is 20.7. The minimum absolute atomic E-state index is 0.0408. The van der Waals surface area contributed by atoms with Gasteiger partial charge in [0, 0.05) is 34.6 Å². The molecule has 1 saturated heterocycles. The number of hydrogen-bond acceptors (Lipinski definition) is 8. The van der Waals surface area contributed by atoms with Gasteiger partial charge in [-0.15, -0.1) is 11.8 Å². The van der Waals surface area contributed by atoms with Crippen molar-refractivity contribution in [3.63, 3.8) is 0 Å². The lowest BCUT2D eigenvalue weighted by molar-refractivity contribution is -0.180. The van der Waals surface area contributed by atoms with Crippen molar-refractivity contribution < 1.29 is 28.2 Å². The van der Waals surface area contributed by atoms with E-state index in [1.807, 2.05) is 0 Å². The van der Waals surface area contributed by atoms with Gasteiger partial charge in [-0.25, -0.2) is 18.4 Å². The Balaban J connectivity index is 1.17. The molecule has 5 rings (SSSR count). The van der Waals surface area contributed by atoms with Crippen LogP contribution in [0.2, 0.25) is 0 Å². The predicted molar refractivity (Wildman–Crippen MR) is 155 cm³/mol. The maximum Gasteiger partial charge on any atom is 0.251 e. The van der Waals surface area contributed by atoms with Gasteiger partial charge in [-0.2, -0.15) is 10.4 Å². The number of nitrogens with one attached hydrogen (secondary N) is 1. The van der Waals surface area contributed by atoms with E-state index in [0.717, 1.165) is 23.3 Å². The summed E-state index contributed by atoms with van der Waals surface area (Å²) in [6, 6.07) is 19.1. The van der Waals surface area contributed by atoms with Crippen LogP contribution < -0.4 is 5.32 Å². The van der Waals surface area contributed by atoms with Crippen LogP contribution in [0.1, 0.15) is 45.8 Å². The van der Waals surface area contributed by atoms with Gasteiger partial charge in [0.1, 0.15) is 29.9 Å². The van der Waals surface area contributed by atoms with Gasteiger partial charge in [-0.05, 0) is 35.9 Å². The molecule has 2 atom stereocenters. The molecule has 3 aromatic carbocycles. The van der Waals surface area contributed by atoms with Crippen LogP contribution in [0.3, 0.4) is 0 Å². The van der Waals surface area contributed by atoms with Crippen LogP contribution in [-0.4, -0.2) is 49.5 Å². The number of halogens is 2. The van der Waals surface area contributed by atoms with E-state index in [-0.39, 0.29) is 23.3 Å². The average Bonchev–Trinajstić information content (AvgIpc) is 3.53. The fraction of sp³-hybridized carbons (Fsp3) is 0.290. The predicted octanol–water partition coefficient (Wildman–Crippen LogP) is 4.48. The summed E-state index contributed by atoms with van der Waals surface area (Å²) in [6.45, 7) is 2.62. The largest absolute Gasteiger partial charge is 0.382 e. The third-order valence-corrected chi connectivity index (χ3v) is 8.64. The molecule has 0 saturated carbocycles. The average molecular weight is 606 g/mol. The molecule has 1 aliphatic heterocycles. The number of aromatic nitrogens is 3. The summed E-state index contributed by atoms with van der Waals surface area (Å²) in [5, 5.41) is 26.8. The van der Waals surface area contributed by atoms with Gasteiger partial charge in [0.25, 0.3) is 5.91 Å². The summed E-state index contributed by atoms with van der Waals surface area (Å²) in [4.78, 5) is 16.5. The maximum absolute atomic E-state index is 14.8. The molecule has 2 N–H and O–H groups in total. The van der Waals surface area contributed by atoms with E-state index >= 15 is 0 Å². The first kappa shape index (κ1) is 30.3. The Kier molecular flexibility index (Phi) is 9.47. The van der Waals surface area contributed by atoms with Crippen LogP contribution >= 0.6 is 11.8 Å². The Labute approximate surface area is 251 Å². The zero-order valence-electron chi connectivity index (χ0n) is 23.2. The number of hydrogen-bond donors (Lipinski definition) is 2. The minimum Gasteiger partial charge on any atom is -0.382 e. The molecule has 9 nitrogen and oxygen atoms in total. The number of benzene rings is 3. The molecule has 4 aromatic rings. The highest BCUT2D eigenvalue weighted by Gasteiger charge is 2.41. The van der Waals surface area contributed by atoms with Crippen LogP contribution in [0.5, 0.6) is 0 Å². The number of ether oxygens (including phenoxy) is 2. The summed E-state index contributed by atoms with van der Waals surface area (Å²) in [5.41, 5.74) is 0.896. The van der Waals surface area contributed by atoms with E-state index in [1.165, 1.54) is 35.2 Å². The topological polar surface area (TPSA) is 122 Å². The summed E-state index contributed by atoms with van der Waals surface area (Å²) >= 11 is 1.38. The van der Waals surface area contributed by atoms with Gasteiger partial charge in [-0.3, -0.25) is 4.79 Å². The van der Waals surface area contributed by atoms with Gasteiger partial charge in [0.15, 0.2) is 6.29 Å². The summed E-state index contributed by atoms with van der Waals surface area (Å²) < 4.78 is 41.8. The smallest absolute Gasteiger partial charge is 0.251 e. The Morgan fingerprint density at radius 3 is 2.51 bits per heavy atom. The highest BCUT2D eigenvalue weighted by Crippen LogP contribution is 2.39. The van der Waals surface area contributed by atoms with Crippen molar-refractivity contribution in [2.75, 3.05) is 13.2 Å². The monoisotopic (exact) mass is 605 g/mol. The van der Waals surface area contributed by atoms with Crippen LogP contribution in [0.15, 0.2) is 79.4 Å². The van der Waals surface area contributed by atoms with Gasteiger partial charge >= 0.3 is 0 Å². The summed E-state index contributed by atoms with van der Waals surface area (Å²) in [5.74, 6) is -1.82. The number of amides is 1. The number of aliphatic hydroxyl groups is 1. The molecule has 1 amide bonds. The van der Waals surface area contributed by atoms with Crippen molar-refractivity contribution in [2.45, 2.75) is 42.4 Å². The van der Waals surface area contributed by atoms with E-state index in [2.05, 4.69) is 21.5 Å². The Morgan fingerprint density at radius 2 is 1.88 bits per heavy atom. The highest BCUT2D eigenvalue weighted by atomic mass is 32.2. The molecular formula is C31H29F2N5O4S. The second-order valence-corrected chi connectivity index (χ2v) is 11.8. The summed E-state index contributed by atoms with van der Waals surface area (Å²) in [6.07, 6.45) is 2.11. The zero-order valence-corrected chi connectivity index (χ0v) is 24.0. The number of thioether (sulfide) groups is 1. The first-order valence-electron chi connectivity index (χ1n) is 13.5.